The van der Waals surface area contributed by atoms with Crippen LogP contribution in [0.5, 0.6) is 0 Å². The smallest absolute Gasteiger partial charge is 0.272 e. The average Bonchev–Trinajstić information content (AvgIpc) is 2.25. The van der Waals surface area contributed by atoms with Crippen LogP contribution in [0.4, 0.5) is 0 Å². The van der Waals surface area contributed by atoms with Crippen LogP contribution in [-0.2, 0) is 0 Å². The van der Waals surface area contributed by atoms with Gasteiger partial charge in [0.2, 0.25) is 0 Å². The van der Waals surface area contributed by atoms with Crippen LogP contribution in [0.15, 0.2) is 23.3 Å². The minimum absolute atomic E-state index is 0.262. The highest BCUT2D eigenvalue weighted by atomic mass is 35.5. The van der Waals surface area contributed by atoms with Crippen molar-refractivity contribution in [2.24, 2.45) is 10.8 Å². The molecular weight excluding hydrogens is 269 g/mol. The number of nitrogens with zero attached hydrogens (tertiary/aromatic N) is 1. The number of amides is 1. The second kappa shape index (κ2) is 5.98. The molecule has 0 aliphatic carbocycles. The van der Waals surface area contributed by atoms with Gasteiger partial charge >= 0.3 is 0 Å². The summed E-state index contributed by atoms with van der Waals surface area (Å²) in [4.78, 5) is 11.6. The highest BCUT2D eigenvalue weighted by molar-refractivity contribution is 8.13. The van der Waals surface area contributed by atoms with E-state index < -0.39 is 5.91 Å². The first-order valence-corrected chi connectivity index (χ1v) is 6.15. The van der Waals surface area contributed by atoms with Crippen molar-refractivity contribution in [1.29, 1.82) is 0 Å². The Kier molecular flexibility index (Phi) is 4.92. The van der Waals surface area contributed by atoms with E-state index in [0.717, 1.165) is 0 Å². The molecule has 1 aromatic rings. The molecule has 0 radical (unpaired) electrons. The Labute approximate surface area is 107 Å². The maximum atomic E-state index is 11.6. The minimum Gasteiger partial charge on any atom is -0.377 e. The van der Waals surface area contributed by atoms with Gasteiger partial charge in [-0.1, -0.05) is 35.0 Å². The third-order valence-electron chi connectivity index (χ3n) is 1.65. The second-order valence-corrected chi connectivity index (χ2v) is 4.39. The Bertz CT molecular complexity index is 437. The van der Waals surface area contributed by atoms with Gasteiger partial charge in [-0.25, -0.2) is 5.43 Å². The zero-order valence-electron chi connectivity index (χ0n) is 8.33. The predicted octanol–water partition coefficient (Wildman–Crippen LogP) is 2.32. The molecule has 0 atom stereocenters. The standard InChI is InChI=1S/C9H9Cl2N3OS/c1-16-9(12)14-13-8(15)6-3-2-5(10)4-7(6)11/h2-4H,1H3,(H2,12,14)(H,13,15). The molecule has 0 bridgehead atoms. The third kappa shape index (κ3) is 3.59. The van der Waals surface area contributed by atoms with Crippen LogP contribution in [0.25, 0.3) is 0 Å². The molecule has 0 aliphatic heterocycles. The molecule has 1 rings (SSSR count). The van der Waals surface area contributed by atoms with Crippen LogP contribution in [0.1, 0.15) is 10.4 Å². The third-order valence-corrected chi connectivity index (χ3v) is 2.71. The quantitative estimate of drug-likeness (QED) is 0.495. The number of thioether (sulfide) groups is 1. The van der Waals surface area contributed by atoms with E-state index in [1.54, 1.807) is 12.3 Å². The summed E-state index contributed by atoms with van der Waals surface area (Å²) < 4.78 is 0. The molecule has 0 aromatic heterocycles. The number of hydrogen-bond donors (Lipinski definition) is 2. The number of rotatable bonds is 2. The van der Waals surface area contributed by atoms with Crippen LogP contribution in [0.3, 0.4) is 0 Å². The summed E-state index contributed by atoms with van der Waals surface area (Å²) in [6, 6.07) is 4.58. The second-order valence-electron chi connectivity index (χ2n) is 2.72. The van der Waals surface area contributed by atoms with E-state index in [1.807, 2.05) is 0 Å². The topological polar surface area (TPSA) is 67.5 Å². The van der Waals surface area contributed by atoms with Gasteiger partial charge in [-0.2, -0.15) is 0 Å². The van der Waals surface area contributed by atoms with E-state index in [1.165, 1.54) is 23.9 Å². The minimum atomic E-state index is -0.432. The van der Waals surface area contributed by atoms with Crippen LogP contribution in [0.2, 0.25) is 10.0 Å². The number of benzene rings is 1. The lowest BCUT2D eigenvalue weighted by Crippen LogP contribution is -2.21. The Morgan fingerprint density at radius 3 is 2.75 bits per heavy atom. The summed E-state index contributed by atoms with van der Waals surface area (Å²) >= 11 is 12.8. The van der Waals surface area contributed by atoms with Crippen molar-refractivity contribution in [2.45, 2.75) is 0 Å². The van der Waals surface area contributed by atoms with Gasteiger partial charge < -0.3 is 5.73 Å². The molecule has 0 heterocycles. The molecule has 0 saturated carbocycles. The van der Waals surface area contributed by atoms with Gasteiger partial charge in [0.25, 0.3) is 5.91 Å². The maximum absolute atomic E-state index is 11.6. The van der Waals surface area contributed by atoms with E-state index in [0.29, 0.717) is 10.6 Å². The molecule has 0 saturated heterocycles. The van der Waals surface area contributed by atoms with Crippen molar-refractivity contribution in [2.75, 3.05) is 6.26 Å². The number of amidine groups is 1. The lowest BCUT2D eigenvalue weighted by atomic mass is 10.2. The molecule has 0 spiro atoms. The molecule has 1 amide bonds. The number of halogens is 2. The molecule has 3 N–H and O–H groups in total. The van der Waals surface area contributed by atoms with E-state index in [2.05, 4.69) is 10.5 Å². The van der Waals surface area contributed by atoms with Gasteiger partial charge in [-0.15, -0.1) is 5.10 Å². The van der Waals surface area contributed by atoms with E-state index in [-0.39, 0.29) is 10.2 Å². The first kappa shape index (κ1) is 13.2. The normalized spacial score (nSPS) is 11.3. The fourth-order valence-corrected chi connectivity index (χ4v) is 1.52. The van der Waals surface area contributed by atoms with Crippen molar-refractivity contribution < 1.29 is 4.79 Å². The summed E-state index contributed by atoms with van der Waals surface area (Å²) in [5.41, 5.74) is 7.99. The number of nitrogens with two attached hydrogens (primary N) is 1. The van der Waals surface area contributed by atoms with Crippen LogP contribution in [0, 0.1) is 0 Å². The summed E-state index contributed by atoms with van der Waals surface area (Å²) in [6.45, 7) is 0. The monoisotopic (exact) mass is 277 g/mol. The fraction of sp³-hybridized carbons (Fsp3) is 0.111. The first-order chi connectivity index (χ1) is 7.54. The Balaban J connectivity index is 2.81. The summed E-state index contributed by atoms with van der Waals surface area (Å²) in [5.74, 6) is -0.432. The van der Waals surface area contributed by atoms with Crippen molar-refractivity contribution in [3.63, 3.8) is 0 Å². The van der Waals surface area contributed by atoms with Gasteiger partial charge in [-0.3, -0.25) is 4.79 Å². The largest absolute Gasteiger partial charge is 0.377 e. The SMILES string of the molecule is CS/C(N)=N/NC(=O)c1ccc(Cl)cc1Cl. The van der Waals surface area contributed by atoms with E-state index >= 15 is 0 Å². The van der Waals surface area contributed by atoms with Gasteiger partial charge in [0.1, 0.15) is 0 Å². The highest BCUT2D eigenvalue weighted by Crippen LogP contribution is 2.20. The van der Waals surface area contributed by atoms with Crippen molar-refractivity contribution in [1.82, 2.24) is 5.43 Å². The highest BCUT2D eigenvalue weighted by Gasteiger charge is 2.09. The molecule has 4 nitrogen and oxygen atoms in total. The molecule has 1 aromatic carbocycles. The number of hydrazone groups is 1. The summed E-state index contributed by atoms with van der Waals surface area (Å²) in [5, 5.41) is 4.64. The summed E-state index contributed by atoms with van der Waals surface area (Å²) in [6.07, 6.45) is 1.75. The molecule has 0 aliphatic rings. The Hall–Kier alpha value is -0.910. The summed E-state index contributed by atoms with van der Waals surface area (Å²) in [7, 11) is 0. The van der Waals surface area contributed by atoms with Crippen LogP contribution in [-0.4, -0.2) is 17.3 Å². The molecule has 86 valence electrons. The van der Waals surface area contributed by atoms with Crippen molar-refractivity contribution >= 4 is 46.0 Å². The lowest BCUT2D eigenvalue weighted by molar-refractivity contribution is 0.0955. The number of carbonyl (C=O) groups excluding carboxylic acids is 1. The van der Waals surface area contributed by atoms with Crippen LogP contribution >= 0.6 is 35.0 Å². The molecule has 0 unspecified atom stereocenters. The fourth-order valence-electron chi connectivity index (χ4n) is 0.885. The van der Waals surface area contributed by atoms with Crippen molar-refractivity contribution in [3.05, 3.63) is 33.8 Å². The van der Waals surface area contributed by atoms with Gasteiger partial charge in [-0.05, 0) is 24.5 Å². The zero-order chi connectivity index (χ0) is 12.1. The number of carbonyl (C=O) groups is 1. The molecule has 16 heavy (non-hydrogen) atoms. The van der Waals surface area contributed by atoms with Gasteiger partial charge in [0, 0.05) is 5.02 Å². The average molecular weight is 278 g/mol. The molecule has 7 heteroatoms. The van der Waals surface area contributed by atoms with Crippen LogP contribution < -0.4 is 11.2 Å². The maximum Gasteiger partial charge on any atom is 0.272 e. The number of hydrogen-bond acceptors (Lipinski definition) is 3. The number of nitrogens with one attached hydrogen (secondary N) is 1. The van der Waals surface area contributed by atoms with Gasteiger partial charge in [0.15, 0.2) is 5.17 Å². The Morgan fingerprint density at radius 1 is 1.50 bits per heavy atom. The molecule has 0 fully saturated rings. The Morgan fingerprint density at radius 2 is 2.19 bits per heavy atom. The zero-order valence-corrected chi connectivity index (χ0v) is 10.7. The van der Waals surface area contributed by atoms with E-state index in [9.17, 15) is 4.79 Å². The first-order valence-electron chi connectivity index (χ1n) is 4.17. The molecular formula is C9H9Cl2N3OS. The van der Waals surface area contributed by atoms with Crippen molar-refractivity contribution in [3.8, 4) is 0 Å². The predicted molar refractivity (Wildman–Crippen MR) is 69.1 cm³/mol. The van der Waals surface area contributed by atoms with E-state index in [4.69, 9.17) is 28.9 Å². The van der Waals surface area contributed by atoms with Gasteiger partial charge in [0.05, 0.1) is 10.6 Å². The lowest BCUT2D eigenvalue weighted by Gasteiger charge is -2.03.